The maximum atomic E-state index is 12.5. The van der Waals surface area contributed by atoms with E-state index in [9.17, 15) is 9.90 Å². The molecule has 0 bridgehead atoms. The van der Waals surface area contributed by atoms with Gasteiger partial charge in [0.1, 0.15) is 5.82 Å². The van der Waals surface area contributed by atoms with Gasteiger partial charge in [0.05, 0.1) is 12.3 Å². The Kier molecular flexibility index (Phi) is 5.29. The first-order valence-electron chi connectivity index (χ1n) is 9.31. The molecule has 1 aromatic carbocycles. The quantitative estimate of drug-likeness (QED) is 0.599. The number of rotatable bonds is 6. The summed E-state index contributed by atoms with van der Waals surface area (Å²) in [5.41, 5.74) is 2.39. The third-order valence-electron chi connectivity index (χ3n) is 4.77. The average Bonchev–Trinajstić information content (AvgIpc) is 3.40. The molecule has 8 heteroatoms. The summed E-state index contributed by atoms with van der Waals surface area (Å²) in [4.78, 5) is 23.5. The Morgan fingerprint density at radius 3 is 3.07 bits per heavy atom. The molecule has 1 fully saturated rings. The van der Waals surface area contributed by atoms with Crippen LogP contribution in [0.4, 0.5) is 5.82 Å². The zero-order chi connectivity index (χ0) is 19.3. The van der Waals surface area contributed by atoms with Crippen LogP contribution in [0.2, 0.25) is 0 Å². The highest BCUT2D eigenvalue weighted by Gasteiger charge is 2.21. The molecule has 8 nitrogen and oxygen atoms in total. The number of carbonyl (C=O) groups is 1. The van der Waals surface area contributed by atoms with E-state index in [1.165, 1.54) is 0 Å². The summed E-state index contributed by atoms with van der Waals surface area (Å²) in [5.74, 6) is 1.22. The lowest BCUT2D eigenvalue weighted by atomic mass is 10.1. The van der Waals surface area contributed by atoms with Crippen molar-refractivity contribution in [3.05, 3.63) is 60.0 Å². The molecule has 0 unspecified atom stereocenters. The fourth-order valence-corrected chi connectivity index (χ4v) is 3.25. The number of aromatic nitrogens is 4. The molecule has 1 saturated heterocycles. The molecule has 1 amide bonds. The number of aliphatic hydroxyl groups excluding tert-OH is 1. The van der Waals surface area contributed by atoms with E-state index in [0.717, 1.165) is 36.3 Å². The van der Waals surface area contributed by atoms with Crippen molar-refractivity contribution in [2.45, 2.75) is 18.9 Å². The van der Waals surface area contributed by atoms with E-state index >= 15 is 0 Å². The van der Waals surface area contributed by atoms with Gasteiger partial charge >= 0.3 is 0 Å². The molecule has 28 heavy (non-hydrogen) atoms. The van der Waals surface area contributed by atoms with Crippen LogP contribution in [0, 0.1) is 0 Å². The monoisotopic (exact) mass is 378 g/mol. The van der Waals surface area contributed by atoms with Crippen LogP contribution in [-0.2, 0) is 6.42 Å². The van der Waals surface area contributed by atoms with Crippen LogP contribution in [-0.4, -0.2) is 56.9 Å². The smallest absolute Gasteiger partial charge is 0.251 e. The summed E-state index contributed by atoms with van der Waals surface area (Å²) in [6, 6.07) is 9.13. The van der Waals surface area contributed by atoms with Crippen LogP contribution >= 0.6 is 0 Å². The van der Waals surface area contributed by atoms with Crippen LogP contribution in [0.5, 0.6) is 0 Å². The maximum absolute atomic E-state index is 12.5. The Morgan fingerprint density at radius 1 is 1.36 bits per heavy atom. The van der Waals surface area contributed by atoms with Gasteiger partial charge in [-0.25, -0.2) is 9.97 Å². The van der Waals surface area contributed by atoms with E-state index in [4.69, 9.17) is 0 Å². The van der Waals surface area contributed by atoms with E-state index < -0.39 is 0 Å². The Bertz CT molecular complexity index is 943. The molecule has 1 aliphatic heterocycles. The third-order valence-corrected chi connectivity index (χ3v) is 4.77. The number of amides is 1. The fourth-order valence-electron chi connectivity index (χ4n) is 3.25. The van der Waals surface area contributed by atoms with Gasteiger partial charge in [0, 0.05) is 43.2 Å². The minimum absolute atomic E-state index is 0.135. The first kappa shape index (κ1) is 18.1. The fraction of sp³-hybridized carbons (Fsp3) is 0.300. The summed E-state index contributed by atoms with van der Waals surface area (Å²) >= 11 is 0. The zero-order valence-electron chi connectivity index (χ0n) is 15.4. The number of hydrogen-bond acceptors (Lipinski definition) is 6. The summed E-state index contributed by atoms with van der Waals surface area (Å²) in [5, 5.41) is 19.3. The van der Waals surface area contributed by atoms with E-state index in [1.807, 2.05) is 29.3 Å². The van der Waals surface area contributed by atoms with Gasteiger partial charge in [-0.15, -0.1) is 0 Å². The third kappa shape index (κ3) is 4.17. The molecule has 3 N–H and O–H groups in total. The van der Waals surface area contributed by atoms with Gasteiger partial charge in [0.2, 0.25) is 0 Å². The standard InChI is InChI=1S/C20H22N6O2/c27-17-6-9-26(13-17)18-5-8-21-19(25-18)15-2-1-3-16(10-15)20(28)22-7-4-14-11-23-24-12-14/h1-3,5,8,10-12,17,27H,4,6-7,9,13H2,(H,22,28)(H,23,24)/t17-/m1/s1. The zero-order valence-corrected chi connectivity index (χ0v) is 15.4. The largest absolute Gasteiger partial charge is 0.391 e. The van der Waals surface area contributed by atoms with Gasteiger partial charge in [-0.2, -0.15) is 5.10 Å². The topological polar surface area (TPSA) is 107 Å². The molecular formula is C20H22N6O2. The predicted octanol–water partition coefficient (Wildman–Crippen LogP) is 1.41. The molecule has 0 saturated carbocycles. The van der Waals surface area contributed by atoms with E-state index in [0.29, 0.717) is 24.5 Å². The highest BCUT2D eigenvalue weighted by molar-refractivity contribution is 5.95. The van der Waals surface area contributed by atoms with E-state index in [2.05, 4.69) is 25.5 Å². The van der Waals surface area contributed by atoms with Gasteiger partial charge in [-0.05, 0) is 36.6 Å². The lowest BCUT2D eigenvalue weighted by Crippen LogP contribution is -2.25. The van der Waals surface area contributed by atoms with Crippen molar-refractivity contribution in [2.24, 2.45) is 0 Å². The number of carbonyl (C=O) groups excluding carboxylic acids is 1. The molecule has 2 aromatic heterocycles. The normalized spacial score (nSPS) is 16.3. The second-order valence-corrected chi connectivity index (χ2v) is 6.82. The molecule has 0 aliphatic carbocycles. The van der Waals surface area contributed by atoms with Gasteiger partial charge in [0.15, 0.2) is 5.82 Å². The number of aromatic amines is 1. The highest BCUT2D eigenvalue weighted by atomic mass is 16.3. The van der Waals surface area contributed by atoms with Crippen molar-refractivity contribution in [2.75, 3.05) is 24.5 Å². The number of anilines is 1. The Hall–Kier alpha value is -3.26. The second kappa shape index (κ2) is 8.18. The number of hydrogen-bond donors (Lipinski definition) is 3. The van der Waals surface area contributed by atoms with Crippen molar-refractivity contribution in [1.82, 2.24) is 25.5 Å². The number of aliphatic hydroxyl groups is 1. The lowest BCUT2D eigenvalue weighted by molar-refractivity contribution is 0.0954. The number of nitrogens with one attached hydrogen (secondary N) is 2. The molecular weight excluding hydrogens is 356 g/mol. The van der Waals surface area contributed by atoms with Crippen molar-refractivity contribution in [3.63, 3.8) is 0 Å². The predicted molar refractivity (Wildman–Crippen MR) is 105 cm³/mol. The molecule has 0 spiro atoms. The number of benzene rings is 1. The van der Waals surface area contributed by atoms with Gasteiger partial charge < -0.3 is 15.3 Å². The average molecular weight is 378 g/mol. The Morgan fingerprint density at radius 2 is 2.29 bits per heavy atom. The van der Waals surface area contributed by atoms with E-state index in [-0.39, 0.29) is 12.0 Å². The number of H-pyrrole nitrogens is 1. The maximum Gasteiger partial charge on any atom is 0.251 e. The van der Waals surface area contributed by atoms with Crippen LogP contribution in [0.15, 0.2) is 48.9 Å². The minimum Gasteiger partial charge on any atom is -0.391 e. The second-order valence-electron chi connectivity index (χ2n) is 6.82. The van der Waals surface area contributed by atoms with Crippen molar-refractivity contribution >= 4 is 11.7 Å². The summed E-state index contributed by atoms with van der Waals surface area (Å²) in [6.07, 6.45) is 6.42. The van der Waals surface area contributed by atoms with Crippen molar-refractivity contribution in [3.8, 4) is 11.4 Å². The summed E-state index contributed by atoms with van der Waals surface area (Å²) in [6.45, 7) is 1.89. The van der Waals surface area contributed by atoms with Crippen LogP contribution < -0.4 is 10.2 Å². The summed E-state index contributed by atoms with van der Waals surface area (Å²) < 4.78 is 0. The van der Waals surface area contributed by atoms with Crippen LogP contribution in [0.25, 0.3) is 11.4 Å². The van der Waals surface area contributed by atoms with Crippen molar-refractivity contribution in [1.29, 1.82) is 0 Å². The number of β-amino-alcohol motifs (C(OH)–C–C–N with tert-alkyl or cyclic N) is 1. The first-order chi connectivity index (χ1) is 13.7. The van der Waals surface area contributed by atoms with E-state index in [1.54, 1.807) is 24.5 Å². The molecule has 1 atom stereocenters. The molecule has 144 valence electrons. The summed E-state index contributed by atoms with van der Waals surface area (Å²) in [7, 11) is 0. The highest BCUT2D eigenvalue weighted by Crippen LogP contribution is 2.22. The Labute approximate surface area is 162 Å². The molecule has 3 aromatic rings. The lowest BCUT2D eigenvalue weighted by Gasteiger charge is -2.16. The molecule has 3 heterocycles. The van der Waals surface area contributed by atoms with Crippen molar-refractivity contribution < 1.29 is 9.90 Å². The van der Waals surface area contributed by atoms with Crippen LogP contribution in [0.3, 0.4) is 0 Å². The molecule has 4 rings (SSSR count). The van der Waals surface area contributed by atoms with Gasteiger partial charge in [-0.3, -0.25) is 9.89 Å². The van der Waals surface area contributed by atoms with Gasteiger partial charge in [-0.1, -0.05) is 12.1 Å². The molecule has 1 aliphatic rings. The molecule has 0 radical (unpaired) electrons. The SMILES string of the molecule is O=C(NCCc1cn[nH]c1)c1cccc(-c2nccc(N3CC[C@@H](O)C3)n2)c1. The van der Waals surface area contributed by atoms with Crippen LogP contribution in [0.1, 0.15) is 22.3 Å². The Balaban J connectivity index is 1.45. The first-order valence-corrected chi connectivity index (χ1v) is 9.31. The van der Waals surface area contributed by atoms with Gasteiger partial charge in [0.25, 0.3) is 5.91 Å². The minimum atomic E-state index is -0.313. The number of nitrogens with zero attached hydrogens (tertiary/aromatic N) is 4.